The van der Waals surface area contributed by atoms with E-state index in [0.29, 0.717) is 27.6 Å². The summed E-state index contributed by atoms with van der Waals surface area (Å²) < 4.78 is 16.1. The summed E-state index contributed by atoms with van der Waals surface area (Å²) in [6, 6.07) is 10.3. The summed E-state index contributed by atoms with van der Waals surface area (Å²) in [7, 11) is 2.91. The van der Waals surface area contributed by atoms with Crippen LogP contribution in [0, 0.1) is 6.92 Å². The summed E-state index contributed by atoms with van der Waals surface area (Å²) in [5.41, 5.74) is 3.48. The Balaban J connectivity index is 2.04. The number of thiocarbonyl (C=S) groups is 1. The molecule has 9 heteroatoms. The molecule has 0 aliphatic carbocycles. The third-order valence-electron chi connectivity index (χ3n) is 4.89. The third kappa shape index (κ3) is 5.00. The summed E-state index contributed by atoms with van der Waals surface area (Å²) in [5.74, 6) is -0.0621. The summed E-state index contributed by atoms with van der Waals surface area (Å²) >= 11 is 5.33. The van der Waals surface area contributed by atoms with E-state index in [1.807, 2.05) is 31.2 Å². The number of rotatable bonds is 6. The largest absolute Gasteiger partial charge is 0.493 e. The van der Waals surface area contributed by atoms with Gasteiger partial charge in [0.1, 0.15) is 0 Å². The Kier molecular flexibility index (Phi) is 6.99. The SMILES string of the molecule is COc1cc(C2NC(=S)NC(C)=C2C(=O)Nc2ccc(C)cc2)cc(OC)c1OC(C)=O. The molecule has 1 amide bonds. The van der Waals surface area contributed by atoms with E-state index < -0.39 is 12.0 Å². The number of hydrogen-bond donors (Lipinski definition) is 3. The van der Waals surface area contributed by atoms with Gasteiger partial charge >= 0.3 is 5.97 Å². The normalized spacial score (nSPS) is 15.4. The number of carbonyl (C=O) groups excluding carboxylic acids is 2. The molecule has 0 bridgehead atoms. The van der Waals surface area contributed by atoms with Gasteiger partial charge in [-0.25, -0.2) is 0 Å². The summed E-state index contributed by atoms with van der Waals surface area (Å²) in [4.78, 5) is 24.8. The van der Waals surface area contributed by atoms with Gasteiger partial charge in [0.05, 0.1) is 25.8 Å². The molecule has 8 nitrogen and oxygen atoms in total. The minimum atomic E-state index is -0.594. The van der Waals surface area contributed by atoms with Gasteiger partial charge in [0, 0.05) is 18.3 Å². The van der Waals surface area contributed by atoms with Crippen LogP contribution in [0.25, 0.3) is 0 Å². The first kappa shape index (κ1) is 23.1. The Morgan fingerprint density at radius 2 is 1.62 bits per heavy atom. The Morgan fingerprint density at radius 3 is 2.16 bits per heavy atom. The van der Waals surface area contributed by atoms with E-state index in [2.05, 4.69) is 16.0 Å². The molecule has 3 N–H and O–H groups in total. The number of carbonyl (C=O) groups is 2. The molecule has 0 fully saturated rings. The fourth-order valence-electron chi connectivity index (χ4n) is 3.39. The predicted molar refractivity (Wildman–Crippen MR) is 125 cm³/mol. The van der Waals surface area contributed by atoms with E-state index in [0.717, 1.165) is 5.56 Å². The van der Waals surface area contributed by atoms with Gasteiger partial charge in [0.2, 0.25) is 5.75 Å². The van der Waals surface area contributed by atoms with Crippen molar-refractivity contribution in [2.24, 2.45) is 0 Å². The third-order valence-corrected chi connectivity index (χ3v) is 5.11. The summed E-state index contributed by atoms with van der Waals surface area (Å²) in [6.07, 6.45) is 0. The van der Waals surface area contributed by atoms with Crippen molar-refractivity contribution in [2.75, 3.05) is 19.5 Å². The van der Waals surface area contributed by atoms with Gasteiger partial charge in [0.25, 0.3) is 5.91 Å². The molecule has 1 aliphatic heterocycles. The summed E-state index contributed by atoms with van der Waals surface area (Å²) in [6.45, 7) is 5.05. The highest BCUT2D eigenvalue weighted by Gasteiger charge is 2.32. The monoisotopic (exact) mass is 455 g/mol. The number of aryl methyl sites for hydroxylation is 1. The van der Waals surface area contributed by atoms with Crippen molar-refractivity contribution in [3.05, 3.63) is 58.8 Å². The molecule has 0 aromatic heterocycles. The predicted octanol–water partition coefficient (Wildman–Crippen LogP) is 3.37. The molecular weight excluding hydrogens is 430 g/mol. The van der Waals surface area contributed by atoms with Crippen LogP contribution in [0.1, 0.15) is 31.0 Å². The first-order chi connectivity index (χ1) is 15.2. The first-order valence-electron chi connectivity index (χ1n) is 9.84. The molecule has 1 heterocycles. The summed E-state index contributed by atoms with van der Waals surface area (Å²) in [5, 5.41) is 9.44. The number of nitrogens with one attached hydrogen (secondary N) is 3. The van der Waals surface area contributed by atoms with Crippen molar-refractivity contribution in [2.45, 2.75) is 26.8 Å². The van der Waals surface area contributed by atoms with Crippen LogP contribution < -0.4 is 30.2 Å². The molecular formula is C23H25N3O5S. The van der Waals surface area contributed by atoms with Gasteiger partial charge in [-0.05, 0) is 55.9 Å². The Bertz CT molecular complexity index is 1070. The molecule has 0 saturated heterocycles. The van der Waals surface area contributed by atoms with E-state index in [1.165, 1.54) is 21.1 Å². The first-order valence-corrected chi connectivity index (χ1v) is 10.2. The minimum absolute atomic E-state index is 0.161. The second-order valence-corrected chi connectivity index (χ2v) is 7.65. The Morgan fingerprint density at radius 1 is 1.03 bits per heavy atom. The lowest BCUT2D eigenvalue weighted by Crippen LogP contribution is -2.45. The highest BCUT2D eigenvalue weighted by atomic mass is 32.1. The van der Waals surface area contributed by atoms with E-state index in [1.54, 1.807) is 19.1 Å². The van der Waals surface area contributed by atoms with Crippen molar-refractivity contribution in [1.82, 2.24) is 10.6 Å². The topological polar surface area (TPSA) is 97.9 Å². The molecule has 0 spiro atoms. The van der Waals surface area contributed by atoms with E-state index in [4.69, 9.17) is 26.4 Å². The zero-order valence-electron chi connectivity index (χ0n) is 18.5. The van der Waals surface area contributed by atoms with Gasteiger partial charge in [-0.3, -0.25) is 9.59 Å². The number of methoxy groups -OCH3 is 2. The van der Waals surface area contributed by atoms with Crippen LogP contribution in [-0.4, -0.2) is 31.2 Å². The maximum Gasteiger partial charge on any atom is 0.308 e. The lowest BCUT2D eigenvalue weighted by Gasteiger charge is -2.31. The van der Waals surface area contributed by atoms with E-state index >= 15 is 0 Å². The van der Waals surface area contributed by atoms with Crippen LogP contribution >= 0.6 is 12.2 Å². The zero-order valence-corrected chi connectivity index (χ0v) is 19.3. The molecule has 0 radical (unpaired) electrons. The van der Waals surface area contributed by atoms with Crippen LogP contribution in [0.15, 0.2) is 47.7 Å². The molecule has 1 unspecified atom stereocenters. The minimum Gasteiger partial charge on any atom is -0.493 e. The van der Waals surface area contributed by atoms with E-state index in [-0.39, 0.29) is 23.2 Å². The van der Waals surface area contributed by atoms with Gasteiger partial charge in [0.15, 0.2) is 16.6 Å². The molecule has 32 heavy (non-hydrogen) atoms. The smallest absolute Gasteiger partial charge is 0.308 e. The highest BCUT2D eigenvalue weighted by Crippen LogP contribution is 2.42. The molecule has 1 atom stereocenters. The molecule has 0 saturated carbocycles. The average molecular weight is 456 g/mol. The van der Waals surface area contributed by atoms with Crippen molar-refractivity contribution in [3.63, 3.8) is 0 Å². The Hall–Kier alpha value is -3.59. The van der Waals surface area contributed by atoms with Crippen molar-refractivity contribution in [3.8, 4) is 17.2 Å². The molecule has 3 rings (SSSR count). The molecule has 1 aliphatic rings. The maximum absolute atomic E-state index is 13.3. The average Bonchev–Trinajstić information content (AvgIpc) is 2.74. The molecule has 2 aromatic rings. The number of allylic oxidation sites excluding steroid dienone is 1. The van der Waals surface area contributed by atoms with Gasteiger partial charge in [-0.15, -0.1) is 0 Å². The van der Waals surface area contributed by atoms with Gasteiger partial charge in [-0.2, -0.15) is 0 Å². The second kappa shape index (κ2) is 9.69. The quantitative estimate of drug-likeness (QED) is 0.347. The number of amides is 1. The number of hydrogen-bond acceptors (Lipinski definition) is 6. The highest BCUT2D eigenvalue weighted by molar-refractivity contribution is 7.80. The lowest BCUT2D eigenvalue weighted by atomic mass is 9.94. The van der Waals surface area contributed by atoms with E-state index in [9.17, 15) is 9.59 Å². The molecule has 2 aromatic carbocycles. The van der Waals surface area contributed by atoms with Crippen LogP contribution in [-0.2, 0) is 9.59 Å². The Labute approximate surface area is 191 Å². The van der Waals surface area contributed by atoms with Crippen LogP contribution in [0.4, 0.5) is 5.69 Å². The van der Waals surface area contributed by atoms with Crippen molar-refractivity contribution in [1.29, 1.82) is 0 Å². The fourth-order valence-corrected chi connectivity index (χ4v) is 3.66. The number of benzene rings is 2. The van der Waals surface area contributed by atoms with Gasteiger partial charge in [-0.1, -0.05) is 17.7 Å². The standard InChI is InChI=1S/C23H25N3O5S/c1-12-6-8-16(9-7-12)25-22(28)19-13(2)24-23(32)26-20(19)15-10-17(29-4)21(31-14(3)27)18(11-15)30-5/h6-11,20H,1-5H3,(H,25,28)(H2,24,26,32). The maximum atomic E-state index is 13.3. The number of ether oxygens (including phenoxy) is 3. The number of anilines is 1. The zero-order chi connectivity index (χ0) is 23.4. The lowest BCUT2D eigenvalue weighted by molar-refractivity contribution is -0.132. The second-order valence-electron chi connectivity index (χ2n) is 7.24. The fraction of sp³-hybridized carbons (Fsp3) is 0.261. The van der Waals surface area contributed by atoms with Crippen LogP contribution in [0.5, 0.6) is 17.2 Å². The molecule has 168 valence electrons. The number of esters is 1. The van der Waals surface area contributed by atoms with Gasteiger partial charge < -0.3 is 30.2 Å². The van der Waals surface area contributed by atoms with Crippen molar-refractivity contribution >= 4 is 34.9 Å². The van der Waals surface area contributed by atoms with Crippen LogP contribution in [0.2, 0.25) is 0 Å². The van der Waals surface area contributed by atoms with Crippen molar-refractivity contribution < 1.29 is 23.8 Å². The van der Waals surface area contributed by atoms with Crippen LogP contribution in [0.3, 0.4) is 0 Å².